The number of carbonyl (C=O) groups is 6. The van der Waals surface area contributed by atoms with Crippen molar-refractivity contribution < 1.29 is 104 Å². The van der Waals surface area contributed by atoms with Gasteiger partial charge in [-0.25, -0.2) is 14.2 Å². The molecule has 140 heavy (non-hydrogen) atoms. The Morgan fingerprint density at radius 3 is 1.23 bits per heavy atom. The second-order valence-corrected chi connectivity index (χ2v) is 41.4. The van der Waals surface area contributed by atoms with E-state index >= 15 is 23.7 Å². The van der Waals surface area contributed by atoms with Crippen LogP contribution >= 0.6 is 42.6 Å². The van der Waals surface area contributed by atoms with Gasteiger partial charge in [-0.05, 0) is 78.6 Å². The number of rotatable bonds is 75. The Morgan fingerprint density at radius 2 is 0.800 bits per heavy atom. The lowest BCUT2D eigenvalue weighted by atomic mass is 9.91. The molecule has 0 aliphatic carbocycles. The summed E-state index contributed by atoms with van der Waals surface area (Å²) in [6.45, 7) is 6.93. The van der Waals surface area contributed by atoms with Gasteiger partial charge < -0.3 is 76.9 Å². The van der Waals surface area contributed by atoms with Crippen molar-refractivity contribution >= 4 is 78.5 Å². The topological polar surface area (TPSA) is 293 Å². The molecular formula is C112H162Cl3N2O22P. The van der Waals surface area contributed by atoms with Gasteiger partial charge in [0, 0.05) is 13.5 Å². The fourth-order valence-corrected chi connectivity index (χ4v) is 19.4. The molecule has 6 aromatic carbocycles. The van der Waals surface area contributed by atoms with Gasteiger partial charge in [-0.15, -0.1) is 0 Å². The number of ether oxygens (including phenoxy) is 11. The molecule has 13 atom stereocenters. The van der Waals surface area contributed by atoms with Gasteiger partial charge in [0.25, 0.3) is 0 Å². The van der Waals surface area contributed by atoms with Crippen molar-refractivity contribution in [2.75, 3.05) is 26.9 Å². The highest BCUT2D eigenvalue weighted by Gasteiger charge is 2.57. The second kappa shape index (κ2) is 70.1. The molecule has 2 aliphatic heterocycles. The summed E-state index contributed by atoms with van der Waals surface area (Å²) in [7, 11) is -3.80. The molecule has 2 heterocycles. The summed E-state index contributed by atoms with van der Waals surface area (Å²) >= 11 is 18.8. The number of phosphoric acid groups is 1. The summed E-state index contributed by atoms with van der Waals surface area (Å²) in [5.41, 5.74) is 2.85. The van der Waals surface area contributed by atoms with E-state index in [0.717, 1.165) is 159 Å². The number of aliphatic hydroxyl groups excluding tert-OH is 1. The zero-order chi connectivity index (χ0) is 99.9. The van der Waals surface area contributed by atoms with E-state index in [1.165, 1.54) is 108 Å². The number of carbonyl (C=O) groups excluding carboxylic acids is 6. The van der Waals surface area contributed by atoms with Crippen molar-refractivity contribution in [3.05, 3.63) is 204 Å². The first-order chi connectivity index (χ1) is 68.2. The molecule has 2 amide bonds. The minimum Gasteiger partial charge on any atom is -0.462 e. The van der Waals surface area contributed by atoms with Crippen LogP contribution in [0.15, 0.2) is 182 Å². The van der Waals surface area contributed by atoms with E-state index < -0.39 is 159 Å². The normalized spacial score (nSPS) is 18.9. The van der Waals surface area contributed by atoms with Gasteiger partial charge in [0.05, 0.1) is 57.9 Å². The van der Waals surface area contributed by atoms with Crippen molar-refractivity contribution in [3.63, 3.8) is 0 Å². The first-order valence-electron chi connectivity index (χ1n) is 52.5. The number of hydrogen-bond donors (Lipinski definition) is 3. The smallest absolute Gasteiger partial charge is 0.462 e. The highest BCUT2D eigenvalue weighted by molar-refractivity contribution is 7.49. The monoisotopic (exact) mass is 2020 g/mol. The Bertz CT molecular complexity index is 4240. The number of halogens is 3. The van der Waals surface area contributed by atoms with Crippen LogP contribution in [-0.2, 0) is 98.4 Å². The third-order valence-corrected chi connectivity index (χ3v) is 27.2. The van der Waals surface area contributed by atoms with E-state index in [9.17, 15) is 14.7 Å². The Hall–Kier alpha value is -7.68. The SMILES string of the molecule is CCCCCCCCCCCCCC(=O)O[C@H](CCCCCCCCCCC)CC(=O)O[C@@H]1[C@@H](NC(=O)OCC(Cl)(Cl)Cl)[C@H](OC[C@H]2O[C@H](C(=O)OC(c3ccccc3)c3ccccc3)[C@H](NC(=O)C[C@@H](CCCCCCCCCCC)OCc3ccccc3)[C@@H](OC(=O)C[C@@H](CCCCCCCCCCC)OCc3ccccc3)[C@@H]2O)O[C@H](COC)[C@H]1OP(=O)(Oc1ccccc1)Oc1ccccc1. The van der Waals surface area contributed by atoms with Crippen LogP contribution < -0.4 is 19.7 Å². The summed E-state index contributed by atoms with van der Waals surface area (Å²) in [5.74, 6) is -4.03. The van der Waals surface area contributed by atoms with Gasteiger partial charge in [0.2, 0.25) is 9.70 Å². The Kier molecular flexibility index (Phi) is 58.9. The lowest BCUT2D eigenvalue weighted by Crippen LogP contribution is -2.69. The van der Waals surface area contributed by atoms with Gasteiger partial charge in [-0.3, -0.25) is 23.7 Å². The van der Waals surface area contributed by atoms with Crippen molar-refractivity contribution in [3.8, 4) is 11.5 Å². The molecule has 0 bridgehead atoms. The molecule has 0 spiro atoms. The highest BCUT2D eigenvalue weighted by atomic mass is 35.6. The average Bonchev–Trinajstić information content (AvgIpc) is 0.771. The molecule has 3 N–H and O–H groups in total. The van der Waals surface area contributed by atoms with Crippen LogP contribution in [0, 0.1) is 0 Å². The fourth-order valence-electron chi connectivity index (χ4n) is 17.8. The number of alkyl halides is 3. The summed E-state index contributed by atoms with van der Waals surface area (Å²) < 4.78 is 105. The third kappa shape index (κ3) is 47.9. The van der Waals surface area contributed by atoms with Gasteiger partial charge in [0.15, 0.2) is 30.7 Å². The predicted molar refractivity (Wildman–Crippen MR) is 549 cm³/mol. The molecule has 2 saturated heterocycles. The van der Waals surface area contributed by atoms with E-state index in [0.29, 0.717) is 43.2 Å². The summed E-state index contributed by atoms with van der Waals surface area (Å²) in [6, 6.07) is 49.6. The summed E-state index contributed by atoms with van der Waals surface area (Å²) in [5, 5.41) is 19.4. The standard InChI is InChI=1S/C112H162Cl3N2O22P/c1-6-10-14-18-22-26-27-31-35-39-61-77-98(119)131-94(76-56-38-34-30-25-21-17-13-9-4)80-100(121)135-107-102(117-111(124)130-85-112(113,114)115)110(133-96(83-126-5)105(107)139-140(125,137-90-70-57-44-58-71-90)138-91-72-59-45-60-73-91)129-84-95-103(122)106(134-99(120)79-93(128-82-87-64-48-41-49-65-87)75-55-37-33-29-24-20-16-12-8-3)101(108(132-95)109(123)136-104(88-66-50-42-51-67-88)89-68-52-43-53-69-89)116-97(118)78-92(127-81-86-62-46-40-47-63-86)74-54-36-32-28-23-19-15-11-7-2/h40-53,57-60,62-73,92-96,101-108,110,122H,6-39,54-56,61,74-85H2,1-5H3,(H,116,118)(H,117,124)/t92-,93-,94-,95-,96-,101-,102-,103-,105-,106-,107-,108+,110-/m1/s1. The molecule has 2 aliphatic rings. The average molecular weight is 2030 g/mol. The van der Waals surface area contributed by atoms with Crippen LogP contribution in [0.2, 0.25) is 0 Å². The molecule has 0 radical (unpaired) electrons. The number of aliphatic hydroxyl groups is 1. The number of benzene rings is 6. The highest BCUT2D eigenvalue weighted by Crippen LogP contribution is 2.53. The van der Waals surface area contributed by atoms with Crippen LogP contribution in [0.4, 0.5) is 4.79 Å². The number of unbranched alkanes of at least 4 members (excludes halogenated alkanes) is 34. The zero-order valence-electron chi connectivity index (χ0n) is 83.9. The fraction of sp³-hybridized carbons (Fsp3) is 0.625. The molecule has 0 saturated carbocycles. The van der Waals surface area contributed by atoms with Gasteiger partial charge in [-0.2, -0.15) is 0 Å². The quantitative estimate of drug-likeness (QED) is 0.0105. The molecule has 0 aromatic heterocycles. The van der Waals surface area contributed by atoms with Crippen LogP contribution in [0.3, 0.4) is 0 Å². The van der Waals surface area contributed by atoms with E-state index in [1.54, 1.807) is 84.9 Å². The van der Waals surface area contributed by atoms with Crippen molar-refractivity contribution in [1.29, 1.82) is 0 Å². The molecule has 0 unspecified atom stereocenters. The van der Waals surface area contributed by atoms with Crippen molar-refractivity contribution in [2.24, 2.45) is 0 Å². The second-order valence-electron chi connectivity index (χ2n) is 37.4. The lowest BCUT2D eigenvalue weighted by molar-refractivity contribution is -0.286. The van der Waals surface area contributed by atoms with Crippen molar-refractivity contribution in [1.82, 2.24) is 10.6 Å². The molecule has 8 rings (SSSR count). The molecule has 6 aromatic rings. The third-order valence-electron chi connectivity index (χ3n) is 25.5. The van der Waals surface area contributed by atoms with E-state index in [1.807, 2.05) is 72.8 Å². The lowest BCUT2D eigenvalue weighted by Gasteiger charge is -2.47. The first-order valence-corrected chi connectivity index (χ1v) is 55.1. The van der Waals surface area contributed by atoms with E-state index in [4.69, 9.17) is 100 Å². The number of para-hydroxylation sites is 2. The summed E-state index contributed by atoms with van der Waals surface area (Å²) in [6.07, 6.45) is 19.9. The number of nitrogens with one attached hydrogen (secondary N) is 2. The molecule has 2 fully saturated rings. The van der Waals surface area contributed by atoms with Crippen LogP contribution in [-0.4, -0.2) is 151 Å². The van der Waals surface area contributed by atoms with Crippen molar-refractivity contribution in [2.45, 2.75) is 419 Å². The zero-order valence-corrected chi connectivity index (χ0v) is 87.0. The maximum Gasteiger partial charge on any atom is 0.588 e. The summed E-state index contributed by atoms with van der Waals surface area (Å²) in [4.78, 5) is 92.2. The maximum atomic E-state index is 16.3. The molecule has 28 heteroatoms. The number of methoxy groups -OCH3 is 1. The minimum absolute atomic E-state index is 0.0159. The Labute approximate surface area is 849 Å². The number of hydrogen-bond acceptors (Lipinski definition) is 22. The molecule has 24 nitrogen and oxygen atoms in total. The van der Waals surface area contributed by atoms with E-state index in [-0.39, 0.29) is 50.4 Å². The van der Waals surface area contributed by atoms with Gasteiger partial charge in [-0.1, -0.05) is 451 Å². The van der Waals surface area contributed by atoms with Gasteiger partial charge >= 0.3 is 37.8 Å². The number of phosphoric ester groups is 1. The number of esters is 4. The predicted octanol–water partition coefficient (Wildman–Crippen LogP) is 27.0. The largest absolute Gasteiger partial charge is 0.588 e. The number of alkyl carbamates (subject to hydrolysis) is 1. The Morgan fingerprint density at radius 1 is 0.414 bits per heavy atom. The van der Waals surface area contributed by atoms with Crippen LogP contribution in [0.1, 0.15) is 345 Å². The Balaban J connectivity index is 1.23. The molecular weight excluding hydrogens is 1860 g/mol. The van der Waals surface area contributed by atoms with E-state index in [2.05, 4.69) is 38.3 Å². The first kappa shape index (κ1) is 118. The number of amides is 2. The van der Waals surface area contributed by atoms with Gasteiger partial charge in [0.1, 0.15) is 60.7 Å². The minimum atomic E-state index is -5.14. The van der Waals surface area contributed by atoms with Crippen LogP contribution in [0.25, 0.3) is 0 Å². The molecule has 778 valence electrons. The van der Waals surface area contributed by atoms with Crippen LogP contribution in [0.5, 0.6) is 11.5 Å². The maximum absolute atomic E-state index is 16.3.